The molecule has 14 aromatic carbocycles. The van der Waals surface area contributed by atoms with Crippen molar-refractivity contribution >= 4 is 104 Å². The number of non-ortho nitro benzene ring substituents is 5. The van der Waals surface area contributed by atoms with Crippen LogP contribution in [0.1, 0.15) is 83.5 Å². The van der Waals surface area contributed by atoms with Crippen molar-refractivity contribution in [2.75, 3.05) is 104 Å². The summed E-state index contributed by atoms with van der Waals surface area (Å²) in [5.74, 6) is 4.25. The number of rotatable bonds is 25. The molecule has 1 aromatic heterocycles. The number of ether oxygens (including phenoxy) is 4. The molecule has 1 atom stereocenters. The van der Waals surface area contributed by atoms with Crippen molar-refractivity contribution in [2.24, 2.45) is 17.2 Å². The zero-order valence-electron chi connectivity index (χ0n) is 78.0. The van der Waals surface area contributed by atoms with Crippen LogP contribution in [0.2, 0.25) is 0 Å². The average Bonchev–Trinajstić information content (AvgIpc) is 1.61. The highest BCUT2D eigenvalue weighted by Crippen LogP contribution is 2.53. The molecule has 5 aliphatic carbocycles. The van der Waals surface area contributed by atoms with E-state index in [4.69, 9.17) is 47.7 Å². The van der Waals surface area contributed by atoms with Gasteiger partial charge in [0.05, 0.1) is 30.5 Å². The number of nitrogens with two attached hydrogens (primary N) is 3. The minimum atomic E-state index is -0.371. The number of anilines is 1. The number of nitrogens with zero attached hydrogens (tertiary/aromatic N) is 9. The highest BCUT2D eigenvalue weighted by Gasteiger charge is 2.33. The summed E-state index contributed by atoms with van der Waals surface area (Å²) in [6.45, 7) is 7.46. The third-order valence-corrected chi connectivity index (χ3v) is 25.4. The number of halogens is 1. The molecule has 27 heteroatoms. The molecule has 142 heavy (non-hydrogen) atoms. The Kier molecular flexibility index (Phi) is 30.1. The number of pyridine rings is 1. The Labute approximate surface area is 825 Å². The van der Waals surface area contributed by atoms with E-state index in [0.717, 1.165) is 223 Å². The maximum Gasteiger partial charge on any atom is 0.270 e. The van der Waals surface area contributed by atoms with Gasteiger partial charge in [0.25, 0.3) is 28.4 Å². The number of hydrogen-bond donors (Lipinski definition) is 3. The Morgan fingerprint density at radius 1 is 0.345 bits per heavy atom. The summed E-state index contributed by atoms with van der Waals surface area (Å²) in [6.07, 6.45) is 11.8. The molecule has 6 N–H and O–H groups in total. The quantitative estimate of drug-likeness (QED) is 0.0272. The van der Waals surface area contributed by atoms with Crippen molar-refractivity contribution in [3.8, 4) is 78.6 Å². The number of nitro groups is 5. The summed E-state index contributed by atoms with van der Waals surface area (Å²) < 4.78 is 23.1. The largest absolute Gasteiger partial charge is 0.492 e. The number of nitro benzene ring substituents is 5. The van der Waals surface area contributed by atoms with E-state index < -0.39 is 0 Å². The first-order valence-corrected chi connectivity index (χ1v) is 46.8. The number of aromatic nitrogens is 1. The van der Waals surface area contributed by atoms with Crippen molar-refractivity contribution in [3.05, 3.63) is 462 Å². The molecule has 6 aliphatic rings. The summed E-state index contributed by atoms with van der Waals surface area (Å²) in [7, 11) is 6.16. The van der Waals surface area contributed by atoms with Crippen molar-refractivity contribution in [2.45, 2.75) is 6.10 Å². The van der Waals surface area contributed by atoms with Crippen molar-refractivity contribution in [1.82, 2.24) is 14.8 Å². The molecule has 0 saturated carbocycles. The van der Waals surface area contributed by atoms with Crippen molar-refractivity contribution < 1.29 is 43.6 Å². The molecule has 1 fully saturated rings. The Morgan fingerprint density at radius 2 is 0.683 bits per heavy atom. The van der Waals surface area contributed by atoms with E-state index >= 15 is 0 Å². The van der Waals surface area contributed by atoms with Gasteiger partial charge < -0.3 is 50.8 Å². The fraction of sp³-hybridized carbons (Fsp3) is 0.139. The molecule has 2 heterocycles. The van der Waals surface area contributed by atoms with E-state index in [1.807, 2.05) is 263 Å². The summed E-state index contributed by atoms with van der Waals surface area (Å²) in [6, 6.07) is 101. The molecule has 0 radical (unpaired) electrons. The second-order valence-electron chi connectivity index (χ2n) is 34.4. The molecule has 1 aliphatic heterocycles. The van der Waals surface area contributed by atoms with Gasteiger partial charge in [-0.15, -0.1) is 11.6 Å². The Bertz CT molecular complexity index is 7510. The molecular formula is C115H99ClN12O14. The Hall–Kier alpha value is -17.0. The number of benzene rings is 14. The molecule has 0 amide bonds. The highest BCUT2D eigenvalue weighted by molar-refractivity contribution is 6.18. The van der Waals surface area contributed by atoms with Crippen LogP contribution in [-0.2, 0) is 0 Å². The van der Waals surface area contributed by atoms with Crippen LogP contribution in [0.25, 0.3) is 114 Å². The van der Waals surface area contributed by atoms with Gasteiger partial charge in [0.1, 0.15) is 54.7 Å². The van der Waals surface area contributed by atoms with Gasteiger partial charge in [-0.1, -0.05) is 182 Å². The standard InChI is InChI=1S/C24H22N4O2.C24H22N2O3.C23H19ClN2O3.2C22H18N2O3/c1-26-11-13-27(14-12-26)24-17(5-4-10-25-24)15-22-20-7-3-2-6-19(20)21-9-8-18(28(29)30)16-23(21)22;1-25(2)13-14-29-24-10-6-3-7-17(24)15-22-20-9-5-4-8-19(20)21-12-11-18(26(27)28)16-23(21)22;24-13-17(14-25)29-23-8-4-1-5-15(23)11-21-19-7-3-2-6-18(19)20-10-9-16(26(27)28)12-22(20)21;23-10-11-27-17-5-3-4-15(12-17)13-21-19-7-2-1-6-18(19)20-9-8-16(24(25)26)14-22(20)21;23-11-12-27-17-8-5-15(6-9-17)13-21-19-4-2-1-3-18(19)20-10-7-16(24(25)26)14-22(20)21/h2-10,15-16H,11-14H2,1H3;3-12,15-16H,13-14H2,1-2H3;1-12,17H,13-14,25H2;1-9,12-14H,10-11,23H2;1-10,13-14H,11-12,23H2/t;;17-;;/m..1../s1. The minimum absolute atomic E-state index is 0.0670. The number of para-hydroxylation sites is 2. The Morgan fingerprint density at radius 3 is 1.06 bits per heavy atom. The average molecular weight is 1910 g/mol. The van der Waals surface area contributed by atoms with Gasteiger partial charge >= 0.3 is 0 Å². The third-order valence-electron chi connectivity index (χ3n) is 25.1. The summed E-state index contributed by atoms with van der Waals surface area (Å²) in [4.78, 5) is 66.1. The first kappa shape index (κ1) is 96.7. The predicted octanol–water partition coefficient (Wildman–Crippen LogP) is 23.5. The first-order valence-electron chi connectivity index (χ1n) is 46.3. The lowest BCUT2D eigenvalue weighted by Gasteiger charge is -2.34. The first-order chi connectivity index (χ1) is 69.1. The van der Waals surface area contributed by atoms with Crippen LogP contribution in [-0.4, -0.2) is 145 Å². The number of likely N-dealkylation sites (N-methyl/N-ethyl adjacent to an activating group) is 2. The highest BCUT2D eigenvalue weighted by atomic mass is 35.5. The molecule has 1 saturated heterocycles. The topological polar surface area (TPSA) is 353 Å². The lowest BCUT2D eigenvalue weighted by atomic mass is 10.0. The van der Waals surface area contributed by atoms with Gasteiger partial charge in [0.15, 0.2) is 0 Å². The van der Waals surface area contributed by atoms with Gasteiger partial charge in [-0.25, -0.2) is 4.98 Å². The predicted molar refractivity (Wildman–Crippen MR) is 565 cm³/mol. The summed E-state index contributed by atoms with van der Waals surface area (Å²) in [5, 5.41) is 56.5. The zero-order valence-corrected chi connectivity index (χ0v) is 78.7. The van der Waals surface area contributed by atoms with Crippen LogP contribution in [0.4, 0.5) is 34.3 Å². The monoisotopic (exact) mass is 1910 g/mol. The lowest BCUT2D eigenvalue weighted by Crippen LogP contribution is -2.45. The molecular weight excluding hydrogens is 1810 g/mol. The molecule has 710 valence electrons. The van der Waals surface area contributed by atoms with Gasteiger partial charge in [0, 0.05) is 136 Å². The van der Waals surface area contributed by atoms with Crippen LogP contribution in [0.5, 0.6) is 23.0 Å². The van der Waals surface area contributed by atoms with E-state index in [1.54, 1.807) is 60.7 Å². The van der Waals surface area contributed by atoms with E-state index in [9.17, 15) is 50.6 Å². The van der Waals surface area contributed by atoms with Crippen LogP contribution < -0.4 is 41.0 Å². The SMILES string of the molecule is CN(C)CCOc1ccccc1C=C1c2ccccc2-c2ccc([N+](=O)[O-])cc21.CN1CCN(c2ncccc2C=C2c3ccccc3-c3ccc([N+](=O)[O-])cc32)CC1.NCCOc1ccc(C=C2c3ccccc3-c3ccc([N+](=O)[O-])cc32)cc1.NCCOc1cccc(C=C2c3ccccc3-c3ccc([N+](=O)[O-])cc32)c1.NC[C@@H](CCl)Oc1ccccc1C=C1c2ccccc2-c2ccc([N+](=O)[O-])cc21. The third kappa shape index (κ3) is 21.5. The van der Waals surface area contributed by atoms with E-state index in [0.29, 0.717) is 51.1 Å². The lowest BCUT2D eigenvalue weighted by molar-refractivity contribution is -0.385. The van der Waals surface area contributed by atoms with E-state index in [2.05, 4.69) is 75.3 Å². The minimum Gasteiger partial charge on any atom is -0.492 e. The number of alkyl halides is 1. The maximum atomic E-state index is 11.4. The van der Waals surface area contributed by atoms with Crippen molar-refractivity contribution in [1.29, 1.82) is 0 Å². The molecule has 26 nitrogen and oxygen atoms in total. The van der Waals surface area contributed by atoms with Crippen molar-refractivity contribution in [3.63, 3.8) is 0 Å². The summed E-state index contributed by atoms with van der Waals surface area (Å²) >= 11 is 5.94. The van der Waals surface area contributed by atoms with Crippen LogP contribution in [0.3, 0.4) is 0 Å². The zero-order chi connectivity index (χ0) is 99.0. The molecule has 15 aromatic rings. The fourth-order valence-corrected chi connectivity index (χ4v) is 18.4. The van der Waals surface area contributed by atoms with Gasteiger partial charge in [-0.3, -0.25) is 50.6 Å². The number of piperazine rings is 1. The normalized spacial score (nSPS) is 14.3. The van der Waals surface area contributed by atoms with E-state index in [-0.39, 0.29) is 59.2 Å². The second kappa shape index (κ2) is 44.2. The van der Waals surface area contributed by atoms with Crippen LogP contribution in [0.15, 0.2) is 328 Å². The number of hydrogen-bond acceptors (Lipinski definition) is 21. The second-order valence-corrected chi connectivity index (χ2v) is 34.7. The molecule has 0 unspecified atom stereocenters. The number of fused-ring (bicyclic) bond motifs is 15. The van der Waals surface area contributed by atoms with Crippen LogP contribution in [0, 0.1) is 50.6 Å². The Balaban J connectivity index is 0.000000122. The smallest absolute Gasteiger partial charge is 0.270 e. The molecule has 0 bridgehead atoms. The van der Waals surface area contributed by atoms with E-state index in [1.165, 1.54) is 0 Å². The van der Waals surface area contributed by atoms with Crippen LogP contribution >= 0.6 is 11.6 Å². The fourth-order valence-electron chi connectivity index (χ4n) is 18.2. The molecule has 21 rings (SSSR count). The summed E-state index contributed by atoms with van der Waals surface area (Å²) in [5.41, 5.74) is 47.1. The van der Waals surface area contributed by atoms with Gasteiger partial charge in [-0.05, 0) is 281 Å². The molecule has 0 spiro atoms. The van der Waals surface area contributed by atoms with Gasteiger partial charge in [-0.2, -0.15) is 0 Å². The van der Waals surface area contributed by atoms with Gasteiger partial charge in [0.2, 0.25) is 0 Å². The maximum absolute atomic E-state index is 11.4.